The topological polar surface area (TPSA) is 29.3 Å². The summed E-state index contributed by atoms with van der Waals surface area (Å²) in [5, 5.41) is 0. The second-order valence-corrected chi connectivity index (χ2v) is 3.83. The van der Waals surface area contributed by atoms with Gasteiger partial charge in [-0.1, -0.05) is 0 Å². The second kappa shape index (κ2) is 4.04. The molecule has 0 spiro atoms. The summed E-state index contributed by atoms with van der Waals surface area (Å²) < 4.78 is 24.7. The summed E-state index contributed by atoms with van der Waals surface area (Å²) in [7, 11) is 0. The predicted molar refractivity (Wildman–Crippen MR) is 57.4 cm³/mol. The number of nitrogens with two attached hydrogens (primary N) is 1. The molecular weight excluding hydrogens is 198 g/mol. The number of anilines is 2. The van der Waals surface area contributed by atoms with Gasteiger partial charge in [-0.15, -0.1) is 0 Å². The molecule has 0 bridgehead atoms. The fourth-order valence-electron chi connectivity index (χ4n) is 2.05. The molecule has 0 atom stereocenters. The summed E-state index contributed by atoms with van der Waals surface area (Å²) in [6.07, 6.45) is -0.433. The van der Waals surface area contributed by atoms with Crippen LogP contribution in [0.2, 0.25) is 0 Å². The van der Waals surface area contributed by atoms with Gasteiger partial charge in [-0.25, -0.2) is 8.78 Å². The van der Waals surface area contributed by atoms with Crippen molar-refractivity contribution in [3.63, 3.8) is 0 Å². The molecular formula is C11H14F2N2. The minimum Gasteiger partial charge on any atom is -0.399 e. The molecule has 1 heterocycles. The summed E-state index contributed by atoms with van der Waals surface area (Å²) in [6.45, 7) is 0.526. The number of alkyl halides is 2. The van der Waals surface area contributed by atoms with Crippen LogP contribution in [0.25, 0.3) is 0 Å². The molecule has 0 radical (unpaired) electrons. The molecule has 1 aliphatic rings. The molecule has 1 aromatic rings. The smallest absolute Gasteiger partial charge is 0.255 e. The Bertz CT molecular complexity index is 352. The molecule has 2 nitrogen and oxygen atoms in total. The molecule has 82 valence electrons. The molecule has 15 heavy (non-hydrogen) atoms. The molecule has 0 aromatic heterocycles. The molecule has 0 saturated carbocycles. The third kappa shape index (κ3) is 2.19. The first-order valence-electron chi connectivity index (χ1n) is 5.08. The fraction of sp³-hybridized carbons (Fsp3) is 0.455. The van der Waals surface area contributed by atoms with E-state index in [0.717, 1.165) is 24.1 Å². The lowest BCUT2D eigenvalue weighted by molar-refractivity contribution is 0.154. The molecule has 0 saturated heterocycles. The van der Waals surface area contributed by atoms with Gasteiger partial charge in [-0.05, 0) is 36.6 Å². The Morgan fingerprint density at radius 2 is 2.20 bits per heavy atom. The summed E-state index contributed by atoms with van der Waals surface area (Å²) >= 11 is 0. The second-order valence-electron chi connectivity index (χ2n) is 3.83. The highest BCUT2D eigenvalue weighted by atomic mass is 19.3. The first-order valence-corrected chi connectivity index (χ1v) is 5.08. The normalized spacial score (nSPS) is 15.5. The maximum Gasteiger partial charge on any atom is 0.255 e. The molecule has 0 fully saturated rings. The third-order valence-corrected chi connectivity index (χ3v) is 2.68. The van der Waals surface area contributed by atoms with E-state index in [1.54, 1.807) is 11.0 Å². The van der Waals surface area contributed by atoms with E-state index in [1.165, 1.54) is 0 Å². The minimum absolute atomic E-state index is 0.184. The van der Waals surface area contributed by atoms with Crippen molar-refractivity contribution in [2.45, 2.75) is 19.3 Å². The molecule has 2 N–H and O–H groups in total. The van der Waals surface area contributed by atoms with E-state index in [4.69, 9.17) is 5.73 Å². The van der Waals surface area contributed by atoms with E-state index in [1.807, 2.05) is 12.1 Å². The first-order chi connectivity index (χ1) is 7.16. The van der Waals surface area contributed by atoms with Gasteiger partial charge in [0.1, 0.15) is 0 Å². The fourth-order valence-corrected chi connectivity index (χ4v) is 2.05. The first kappa shape index (κ1) is 10.2. The number of aryl methyl sites for hydroxylation is 1. The molecule has 0 aliphatic carbocycles. The summed E-state index contributed by atoms with van der Waals surface area (Å²) in [5.41, 5.74) is 8.36. The summed E-state index contributed by atoms with van der Waals surface area (Å²) in [4.78, 5) is 1.74. The van der Waals surface area contributed by atoms with Gasteiger partial charge in [-0.3, -0.25) is 0 Å². The van der Waals surface area contributed by atoms with Crippen LogP contribution >= 0.6 is 0 Å². The van der Waals surface area contributed by atoms with E-state index < -0.39 is 6.43 Å². The Labute approximate surface area is 87.7 Å². The lowest BCUT2D eigenvalue weighted by atomic mass is 10.0. The van der Waals surface area contributed by atoms with Crippen LogP contribution in [-0.2, 0) is 6.42 Å². The van der Waals surface area contributed by atoms with Crippen molar-refractivity contribution in [1.29, 1.82) is 0 Å². The lowest BCUT2D eigenvalue weighted by Crippen LogP contribution is -2.33. The van der Waals surface area contributed by atoms with Gasteiger partial charge in [0.2, 0.25) is 0 Å². The van der Waals surface area contributed by atoms with Crippen molar-refractivity contribution >= 4 is 11.4 Å². The van der Waals surface area contributed by atoms with Crippen molar-refractivity contribution in [2.75, 3.05) is 23.7 Å². The highest BCUT2D eigenvalue weighted by Crippen LogP contribution is 2.29. The molecule has 2 rings (SSSR count). The van der Waals surface area contributed by atoms with Crippen LogP contribution in [0.3, 0.4) is 0 Å². The molecule has 4 heteroatoms. The third-order valence-electron chi connectivity index (χ3n) is 2.68. The Kier molecular flexibility index (Phi) is 2.75. The van der Waals surface area contributed by atoms with Crippen molar-refractivity contribution in [3.8, 4) is 0 Å². The van der Waals surface area contributed by atoms with Crippen molar-refractivity contribution < 1.29 is 8.78 Å². The van der Waals surface area contributed by atoms with Gasteiger partial charge in [0.15, 0.2) is 0 Å². The van der Waals surface area contributed by atoms with E-state index in [-0.39, 0.29) is 6.54 Å². The van der Waals surface area contributed by atoms with Gasteiger partial charge in [0.25, 0.3) is 6.43 Å². The Balaban J connectivity index is 2.26. The summed E-state index contributed by atoms with van der Waals surface area (Å²) in [6, 6.07) is 5.49. The molecule has 0 amide bonds. The summed E-state index contributed by atoms with van der Waals surface area (Å²) in [5.74, 6) is 0. The van der Waals surface area contributed by atoms with E-state index in [2.05, 4.69) is 0 Å². The van der Waals surface area contributed by atoms with Gasteiger partial charge in [-0.2, -0.15) is 0 Å². The van der Waals surface area contributed by atoms with Crippen LogP contribution in [0.15, 0.2) is 18.2 Å². The highest BCUT2D eigenvalue weighted by molar-refractivity contribution is 5.61. The van der Waals surface area contributed by atoms with Crippen LogP contribution in [0.5, 0.6) is 0 Å². The molecule has 1 aromatic carbocycles. The number of nitrogens with zero attached hydrogens (tertiary/aromatic N) is 1. The van der Waals surface area contributed by atoms with E-state index in [0.29, 0.717) is 12.2 Å². The average Bonchev–Trinajstić information content (AvgIpc) is 2.16. The van der Waals surface area contributed by atoms with E-state index >= 15 is 0 Å². The van der Waals surface area contributed by atoms with Crippen LogP contribution in [0, 0.1) is 0 Å². The number of rotatable bonds is 2. The zero-order valence-corrected chi connectivity index (χ0v) is 8.42. The lowest BCUT2D eigenvalue weighted by Gasteiger charge is -2.31. The number of hydrogen-bond acceptors (Lipinski definition) is 2. The predicted octanol–water partition coefficient (Wildman–Crippen LogP) is 2.29. The monoisotopic (exact) mass is 212 g/mol. The maximum absolute atomic E-state index is 12.3. The number of halogens is 2. The van der Waals surface area contributed by atoms with Gasteiger partial charge in [0.05, 0.1) is 6.54 Å². The van der Waals surface area contributed by atoms with Gasteiger partial charge >= 0.3 is 0 Å². The largest absolute Gasteiger partial charge is 0.399 e. The molecule has 0 unspecified atom stereocenters. The number of nitrogen functional groups attached to an aromatic ring is 1. The van der Waals surface area contributed by atoms with Gasteiger partial charge < -0.3 is 10.6 Å². The zero-order chi connectivity index (χ0) is 10.8. The highest BCUT2D eigenvalue weighted by Gasteiger charge is 2.19. The SMILES string of the molecule is Nc1ccc2c(c1)CCCN2CC(F)F. The van der Waals surface area contributed by atoms with Crippen molar-refractivity contribution in [3.05, 3.63) is 23.8 Å². The number of hydrogen-bond donors (Lipinski definition) is 1. The van der Waals surface area contributed by atoms with E-state index in [9.17, 15) is 8.78 Å². The Morgan fingerprint density at radius 1 is 1.40 bits per heavy atom. The minimum atomic E-state index is -2.28. The Morgan fingerprint density at radius 3 is 2.93 bits per heavy atom. The van der Waals surface area contributed by atoms with Crippen molar-refractivity contribution in [2.24, 2.45) is 0 Å². The number of benzene rings is 1. The average molecular weight is 212 g/mol. The van der Waals surface area contributed by atoms with Crippen LogP contribution < -0.4 is 10.6 Å². The number of fused-ring (bicyclic) bond motifs is 1. The quantitative estimate of drug-likeness (QED) is 0.762. The molecule has 1 aliphatic heterocycles. The van der Waals surface area contributed by atoms with Crippen LogP contribution in [0.4, 0.5) is 20.2 Å². The van der Waals surface area contributed by atoms with Gasteiger partial charge in [0, 0.05) is 17.9 Å². The van der Waals surface area contributed by atoms with Crippen molar-refractivity contribution in [1.82, 2.24) is 0 Å². The maximum atomic E-state index is 12.3. The Hall–Kier alpha value is -1.32. The van der Waals surface area contributed by atoms with Crippen LogP contribution in [0.1, 0.15) is 12.0 Å². The van der Waals surface area contributed by atoms with Crippen LogP contribution in [-0.4, -0.2) is 19.5 Å². The standard InChI is InChI=1S/C11H14F2N2/c12-11(13)7-15-5-1-2-8-6-9(14)3-4-10(8)15/h3-4,6,11H,1-2,5,7,14H2. The zero-order valence-electron chi connectivity index (χ0n) is 8.42.